The molecule has 3 aromatic carbocycles. The fourth-order valence-electron chi connectivity index (χ4n) is 4.32. The first-order valence-corrected chi connectivity index (χ1v) is 14.2. The summed E-state index contributed by atoms with van der Waals surface area (Å²) < 4.78 is 47.9. The van der Waals surface area contributed by atoms with E-state index in [-0.39, 0.29) is 22.0 Å². The van der Waals surface area contributed by atoms with Gasteiger partial charge >= 0.3 is 0 Å². The van der Waals surface area contributed by atoms with Gasteiger partial charge in [0.05, 0.1) is 42.8 Å². The number of aromatic nitrogens is 2. The number of hydrogen-bond donors (Lipinski definition) is 1. The first-order valence-electron chi connectivity index (χ1n) is 12.7. The van der Waals surface area contributed by atoms with Gasteiger partial charge in [0.15, 0.2) is 11.5 Å². The third kappa shape index (κ3) is 5.92. The largest absolute Gasteiger partial charge is 0.494 e. The number of hydrogen-bond acceptors (Lipinski definition) is 7. The number of para-hydroxylation sites is 1. The molecule has 0 spiro atoms. The summed E-state index contributed by atoms with van der Waals surface area (Å²) in [5.41, 5.74) is 0.958. The normalized spacial score (nSPS) is 11.1. The molecular weight excluding hydrogens is 548 g/mol. The number of anilines is 2. The van der Waals surface area contributed by atoms with Crippen LogP contribution in [0.5, 0.6) is 17.2 Å². The van der Waals surface area contributed by atoms with Gasteiger partial charge in [-0.2, -0.15) is 0 Å². The van der Waals surface area contributed by atoms with Gasteiger partial charge in [0.1, 0.15) is 18.0 Å². The second kappa shape index (κ2) is 12.2. The summed E-state index contributed by atoms with van der Waals surface area (Å²) in [6.45, 7) is 3.36. The average molecular weight is 581 g/mol. The van der Waals surface area contributed by atoms with Crippen LogP contribution in [0.25, 0.3) is 5.69 Å². The van der Waals surface area contributed by atoms with E-state index in [2.05, 4.69) is 5.32 Å². The molecule has 0 saturated carbocycles. The molecule has 41 heavy (non-hydrogen) atoms. The van der Waals surface area contributed by atoms with E-state index in [1.165, 1.54) is 37.1 Å². The minimum atomic E-state index is -4.28. The van der Waals surface area contributed by atoms with Crippen LogP contribution in [0.15, 0.2) is 82.5 Å². The van der Waals surface area contributed by atoms with Gasteiger partial charge < -0.3 is 19.5 Å². The maximum Gasteiger partial charge on any atom is 0.295 e. The van der Waals surface area contributed by atoms with Gasteiger partial charge in [-0.25, -0.2) is 13.1 Å². The molecule has 1 N–H and O–H groups in total. The first kappa shape index (κ1) is 29.3. The van der Waals surface area contributed by atoms with Crippen LogP contribution >= 0.6 is 0 Å². The summed E-state index contributed by atoms with van der Waals surface area (Å²) in [4.78, 5) is 26.6. The van der Waals surface area contributed by atoms with Crippen molar-refractivity contribution in [2.75, 3.05) is 37.0 Å². The van der Waals surface area contributed by atoms with E-state index in [4.69, 9.17) is 14.2 Å². The van der Waals surface area contributed by atoms with Gasteiger partial charge in [0, 0.05) is 13.1 Å². The minimum absolute atomic E-state index is 0.0523. The molecule has 0 radical (unpaired) electrons. The molecule has 0 fully saturated rings. The number of nitrogens with zero attached hydrogens (tertiary/aromatic N) is 3. The summed E-state index contributed by atoms with van der Waals surface area (Å²) in [7, 11) is 0.262. The van der Waals surface area contributed by atoms with Crippen molar-refractivity contribution in [3.8, 4) is 22.9 Å². The molecule has 1 aromatic heterocycles. The number of carbonyl (C=O) groups is 1. The maximum atomic E-state index is 13.9. The van der Waals surface area contributed by atoms with Gasteiger partial charge in [-0.3, -0.25) is 18.6 Å². The van der Waals surface area contributed by atoms with Crippen molar-refractivity contribution in [1.29, 1.82) is 0 Å². The predicted octanol–water partition coefficient (Wildman–Crippen LogP) is 3.73. The Labute approximate surface area is 238 Å². The number of nitrogens with one attached hydrogen (secondary N) is 1. The summed E-state index contributed by atoms with van der Waals surface area (Å²) >= 11 is 0. The standard InChI is InChI=1S/C29H32N4O7S/c1-6-40-23-14-12-21(13-15-23)32(41(36,37)24-16-17-25(38-4)26(18-24)39-5)19-27(34)30-28-20(2)31(3)33(29(28)35)22-10-8-7-9-11-22/h7-18H,6,19H2,1-5H3,(H,30,34). The number of sulfonamides is 1. The highest BCUT2D eigenvalue weighted by Gasteiger charge is 2.29. The van der Waals surface area contributed by atoms with Crippen molar-refractivity contribution >= 4 is 27.3 Å². The van der Waals surface area contributed by atoms with Crippen LogP contribution in [0, 0.1) is 6.92 Å². The molecule has 216 valence electrons. The van der Waals surface area contributed by atoms with Crippen molar-refractivity contribution in [3.05, 3.63) is 88.8 Å². The molecule has 0 bridgehead atoms. The van der Waals surface area contributed by atoms with Gasteiger partial charge in [0.25, 0.3) is 15.6 Å². The van der Waals surface area contributed by atoms with Crippen LogP contribution in [-0.2, 0) is 21.9 Å². The zero-order valence-corrected chi connectivity index (χ0v) is 24.3. The molecule has 0 saturated heterocycles. The topological polar surface area (TPSA) is 121 Å². The lowest BCUT2D eigenvalue weighted by atomic mass is 10.3. The van der Waals surface area contributed by atoms with E-state index < -0.39 is 28.0 Å². The number of methoxy groups -OCH3 is 2. The number of amides is 1. The second-order valence-electron chi connectivity index (χ2n) is 8.94. The Morgan fingerprint density at radius 2 is 1.61 bits per heavy atom. The van der Waals surface area contributed by atoms with Gasteiger partial charge in [0.2, 0.25) is 5.91 Å². The summed E-state index contributed by atoms with van der Waals surface area (Å²) in [5.74, 6) is 0.414. The minimum Gasteiger partial charge on any atom is -0.494 e. The Balaban J connectivity index is 1.72. The third-order valence-corrected chi connectivity index (χ3v) is 8.25. The molecule has 0 atom stereocenters. The van der Waals surface area contributed by atoms with Crippen LogP contribution in [0.1, 0.15) is 12.6 Å². The second-order valence-corrected chi connectivity index (χ2v) is 10.8. The lowest BCUT2D eigenvalue weighted by molar-refractivity contribution is -0.114. The van der Waals surface area contributed by atoms with E-state index in [1.807, 2.05) is 13.0 Å². The Hall–Kier alpha value is -4.71. The zero-order chi connectivity index (χ0) is 29.7. The van der Waals surface area contributed by atoms with E-state index in [9.17, 15) is 18.0 Å². The lowest BCUT2D eigenvalue weighted by Crippen LogP contribution is -2.38. The molecule has 12 heteroatoms. The highest BCUT2D eigenvalue weighted by atomic mass is 32.2. The highest BCUT2D eigenvalue weighted by Crippen LogP contribution is 2.32. The maximum absolute atomic E-state index is 13.9. The summed E-state index contributed by atoms with van der Waals surface area (Å²) in [5, 5.41) is 2.64. The SMILES string of the molecule is CCOc1ccc(N(CC(=O)Nc2c(C)n(C)n(-c3ccccc3)c2=O)S(=O)(=O)c2ccc(OC)c(OC)c2)cc1. The van der Waals surface area contributed by atoms with Crippen molar-refractivity contribution in [3.63, 3.8) is 0 Å². The fourth-order valence-corrected chi connectivity index (χ4v) is 5.75. The van der Waals surface area contributed by atoms with E-state index in [1.54, 1.807) is 67.2 Å². The lowest BCUT2D eigenvalue weighted by Gasteiger charge is -2.24. The van der Waals surface area contributed by atoms with Crippen molar-refractivity contribution in [2.24, 2.45) is 7.05 Å². The van der Waals surface area contributed by atoms with Crippen LogP contribution in [-0.4, -0.2) is 51.1 Å². The molecule has 4 aromatic rings. The number of benzene rings is 3. The Morgan fingerprint density at radius 1 is 0.951 bits per heavy atom. The number of ether oxygens (including phenoxy) is 3. The Bertz CT molecular complexity index is 1700. The average Bonchev–Trinajstić information content (AvgIpc) is 3.19. The predicted molar refractivity (Wildman–Crippen MR) is 156 cm³/mol. The molecule has 0 aliphatic carbocycles. The quantitative estimate of drug-likeness (QED) is 0.287. The Morgan fingerprint density at radius 3 is 2.22 bits per heavy atom. The summed E-state index contributed by atoms with van der Waals surface area (Å²) in [6.07, 6.45) is 0. The van der Waals surface area contributed by atoms with E-state index >= 15 is 0 Å². The van der Waals surface area contributed by atoms with E-state index in [0.29, 0.717) is 29.5 Å². The van der Waals surface area contributed by atoms with Crippen molar-refractivity contribution in [1.82, 2.24) is 9.36 Å². The molecule has 0 unspecified atom stereocenters. The first-order chi connectivity index (χ1) is 19.6. The fraction of sp³-hybridized carbons (Fsp3) is 0.241. The molecular formula is C29H32N4O7S. The van der Waals surface area contributed by atoms with Gasteiger partial charge in [-0.05, 0) is 62.4 Å². The monoisotopic (exact) mass is 580 g/mol. The van der Waals surface area contributed by atoms with Crippen molar-refractivity contribution < 1.29 is 27.4 Å². The highest BCUT2D eigenvalue weighted by molar-refractivity contribution is 7.92. The van der Waals surface area contributed by atoms with E-state index in [0.717, 1.165) is 4.31 Å². The number of rotatable bonds is 11. The molecule has 1 heterocycles. The third-order valence-electron chi connectivity index (χ3n) is 6.48. The summed E-state index contributed by atoms with van der Waals surface area (Å²) in [6, 6.07) is 19.5. The van der Waals surface area contributed by atoms with Crippen LogP contribution < -0.4 is 29.4 Å². The van der Waals surface area contributed by atoms with Crippen LogP contribution in [0.3, 0.4) is 0 Å². The molecule has 0 aliphatic heterocycles. The van der Waals surface area contributed by atoms with Crippen LogP contribution in [0.4, 0.5) is 11.4 Å². The molecule has 11 nitrogen and oxygen atoms in total. The molecule has 1 amide bonds. The molecule has 0 aliphatic rings. The van der Waals surface area contributed by atoms with Crippen molar-refractivity contribution in [2.45, 2.75) is 18.7 Å². The Kier molecular flexibility index (Phi) is 8.72. The smallest absolute Gasteiger partial charge is 0.295 e. The zero-order valence-electron chi connectivity index (χ0n) is 23.5. The number of carbonyl (C=O) groups excluding carboxylic acids is 1. The molecule has 4 rings (SSSR count). The van der Waals surface area contributed by atoms with Gasteiger partial charge in [-0.1, -0.05) is 18.2 Å². The van der Waals surface area contributed by atoms with Crippen LogP contribution in [0.2, 0.25) is 0 Å². The van der Waals surface area contributed by atoms with Gasteiger partial charge in [-0.15, -0.1) is 0 Å².